The Morgan fingerprint density at radius 2 is 1.93 bits per heavy atom. The number of hydrogen-bond acceptors (Lipinski definition) is 7. The fraction of sp³-hybridized carbons (Fsp3) is 0.111. The minimum absolute atomic E-state index is 0.110. The maximum Gasteiger partial charge on any atom is 0.264 e. The molecule has 0 fully saturated rings. The van der Waals surface area contributed by atoms with E-state index in [0.717, 1.165) is 27.4 Å². The number of carbonyl (C=O) groups excluding carboxylic acids is 1. The SMILES string of the molecule is Nn1c(N/N=C/c2ccc(Br)cc2)nnc1SCC(=O)NCc1ccc(F)cc1. The molecule has 0 bridgehead atoms. The van der Waals surface area contributed by atoms with Gasteiger partial charge in [0, 0.05) is 11.0 Å². The van der Waals surface area contributed by atoms with Gasteiger partial charge in [-0.3, -0.25) is 4.79 Å². The minimum atomic E-state index is -0.316. The summed E-state index contributed by atoms with van der Waals surface area (Å²) < 4.78 is 15.1. The minimum Gasteiger partial charge on any atom is -0.351 e. The highest BCUT2D eigenvalue weighted by Gasteiger charge is 2.11. The number of thioether (sulfide) groups is 1. The molecule has 1 amide bonds. The van der Waals surface area contributed by atoms with Crippen molar-refractivity contribution in [3.05, 3.63) is 69.9 Å². The molecule has 1 heterocycles. The summed E-state index contributed by atoms with van der Waals surface area (Å²) in [6.45, 7) is 0.312. The Bertz CT molecular complexity index is 992. The van der Waals surface area contributed by atoms with E-state index in [9.17, 15) is 9.18 Å². The molecule has 29 heavy (non-hydrogen) atoms. The first-order valence-corrected chi connectivity index (χ1v) is 10.2. The van der Waals surface area contributed by atoms with E-state index in [1.807, 2.05) is 24.3 Å². The molecule has 0 atom stereocenters. The van der Waals surface area contributed by atoms with Gasteiger partial charge in [0.25, 0.3) is 5.95 Å². The van der Waals surface area contributed by atoms with E-state index < -0.39 is 0 Å². The summed E-state index contributed by atoms with van der Waals surface area (Å²) in [6, 6.07) is 13.5. The Morgan fingerprint density at radius 3 is 2.66 bits per heavy atom. The predicted octanol–water partition coefficient (Wildman–Crippen LogP) is 2.75. The zero-order chi connectivity index (χ0) is 20.6. The Morgan fingerprint density at radius 1 is 1.21 bits per heavy atom. The van der Waals surface area contributed by atoms with Crippen LogP contribution in [-0.2, 0) is 11.3 Å². The van der Waals surface area contributed by atoms with Gasteiger partial charge in [0.2, 0.25) is 11.1 Å². The molecular weight excluding hydrogens is 461 g/mol. The van der Waals surface area contributed by atoms with E-state index in [2.05, 4.69) is 42.0 Å². The van der Waals surface area contributed by atoms with Crippen LogP contribution >= 0.6 is 27.7 Å². The lowest BCUT2D eigenvalue weighted by Gasteiger charge is -2.05. The van der Waals surface area contributed by atoms with Gasteiger partial charge < -0.3 is 11.2 Å². The highest BCUT2D eigenvalue weighted by atomic mass is 79.9. The third-order valence-corrected chi connectivity index (χ3v) is 5.12. The first-order chi connectivity index (χ1) is 14.0. The number of nitrogens with zero attached hydrogens (tertiary/aromatic N) is 4. The molecule has 0 aliphatic rings. The number of hydrazone groups is 1. The quantitative estimate of drug-likeness (QED) is 0.199. The number of rotatable bonds is 8. The van der Waals surface area contributed by atoms with Crippen LogP contribution in [0.5, 0.6) is 0 Å². The maximum atomic E-state index is 12.9. The number of halogens is 2. The van der Waals surface area contributed by atoms with Crippen molar-refractivity contribution >= 4 is 45.8 Å². The van der Waals surface area contributed by atoms with Crippen molar-refractivity contribution in [3.8, 4) is 0 Å². The van der Waals surface area contributed by atoms with Crippen LogP contribution < -0.4 is 16.6 Å². The second-order valence-corrected chi connectivity index (χ2v) is 7.65. The summed E-state index contributed by atoms with van der Waals surface area (Å²) in [5, 5.41) is 15.0. The molecule has 3 rings (SSSR count). The lowest BCUT2D eigenvalue weighted by Crippen LogP contribution is -2.25. The predicted molar refractivity (Wildman–Crippen MR) is 115 cm³/mol. The van der Waals surface area contributed by atoms with Crippen molar-refractivity contribution in [2.45, 2.75) is 11.7 Å². The lowest BCUT2D eigenvalue weighted by molar-refractivity contribution is -0.118. The normalized spacial score (nSPS) is 11.0. The van der Waals surface area contributed by atoms with Crippen LogP contribution in [0.25, 0.3) is 0 Å². The Balaban J connectivity index is 1.46. The number of hydrogen-bond donors (Lipinski definition) is 3. The topological polar surface area (TPSA) is 110 Å². The number of benzene rings is 2. The van der Waals surface area contributed by atoms with E-state index >= 15 is 0 Å². The molecule has 2 aromatic carbocycles. The third-order valence-electron chi connectivity index (χ3n) is 3.65. The summed E-state index contributed by atoms with van der Waals surface area (Å²) in [6.07, 6.45) is 1.62. The van der Waals surface area contributed by atoms with Gasteiger partial charge in [0.05, 0.1) is 12.0 Å². The van der Waals surface area contributed by atoms with Crippen molar-refractivity contribution in [1.82, 2.24) is 20.2 Å². The summed E-state index contributed by atoms with van der Waals surface area (Å²) >= 11 is 4.51. The molecular formula is C18H17BrFN7OS. The number of anilines is 1. The summed E-state index contributed by atoms with van der Waals surface area (Å²) in [4.78, 5) is 12.0. The molecule has 0 saturated heterocycles. The van der Waals surface area contributed by atoms with Crippen molar-refractivity contribution in [3.63, 3.8) is 0 Å². The molecule has 11 heteroatoms. The Kier molecular flexibility index (Phi) is 7.19. The van der Waals surface area contributed by atoms with Crippen LogP contribution in [0.1, 0.15) is 11.1 Å². The molecule has 0 spiro atoms. The van der Waals surface area contributed by atoms with E-state index in [0.29, 0.717) is 11.7 Å². The number of amides is 1. The molecule has 0 aliphatic carbocycles. The van der Waals surface area contributed by atoms with Crippen molar-refractivity contribution in [2.75, 3.05) is 17.0 Å². The number of aromatic nitrogens is 3. The fourth-order valence-corrected chi connectivity index (χ4v) is 3.10. The monoisotopic (exact) mass is 477 g/mol. The smallest absolute Gasteiger partial charge is 0.264 e. The number of nitrogens with one attached hydrogen (secondary N) is 2. The molecule has 3 aromatic rings. The second-order valence-electron chi connectivity index (χ2n) is 5.79. The first kappa shape index (κ1) is 20.8. The van der Waals surface area contributed by atoms with Crippen molar-refractivity contribution in [1.29, 1.82) is 0 Å². The highest BCUT2D eigenvalue weighted by Crippen LogP contribution is 2.16. The summed E-state index contributed by atoms with van der Waals surface area (Å²) in [5.41, 5.74) is 4.42. The van der Waals surface area contributed by atoms with Gasteiger partial charge in [-0.25, -0.2) is 14.5 Å². The maximum absolute atomic E-state index is 12.9. The molecule has 150 valence electrons. The van der Waals surface area contributed by atoms with Crippen molar-refractivity contribution < 1.29 is 9.18 Å². The Labute approximate surface area is 178 Å². The zero-order valence-electron chi connectivity index (χ0n) is 15.0. The molecule has 0 radical (unpaired) electrons. The van der Waals surface area contributed by atoms with Gasteiger partial charge >= 0.3 is 0 Å². The number of nitrogen functional groups attached to an aromatic ring is 1. The van der Waals surface area contributed by atoms with Crippen LogP contribution in [0.15, 0.2) is 63.3 Å². The largest absolute Gasteiger partial charge is 0.351 e. The van der Waals surface area contributed by atoms with E-state index in [-0.39, 0.29) is 23.4 Å². The average Bonchev–Trinajstić information content (AvgIpc) is 3.07. The summed E-state index contributed by atoms with van der Waals surface area (Å²) in [7, 11) is 0. The zero-order valence-corrected chi connectivity index (χ0v) is 17.5. The third kappa shape index (κ3) is 6.29. The lowest BCUT2D eigenvalue weighted by atomic mass is 10.2. The van der Waals surface area contributed by atoms with Crippen LogP contribution in [0.3, 0.4) is 0 Å². The van der Waals surface area contributed by atoms with Crippen LogP contribution in [0.2, 0.25) is 0 Å². The van der Waals surface area contributed by atoms with Crippen LogP contribution in [-0.4, -0.2) is 32.7 Å². The average molecular weight is 478 g/mol. The molecule has 1 aromatic heterocycles. The highest BCUT2D eigenvalue weighted by molar-refractivity contribution is 9.10. The van der Waals surface area contributed by atoms with Crippen molar-refractivity contribution in [2.24, 2.45) is 5.10 Å². The second kappa shape index (κ2) is 10.0. The molecule has 8 nitrogen and oxygen atoms in total. The van der Waals surface area contributed by atoms with E-state index in [1.165, 1.54) is 16.8 Å². The first-order valence-electron chi connectivity index (χ1n) is 8.40. The van der Waals surface area contributed by atoms with Gasteiger partial charge in [-0.2, -0.15) is 5.10 Å². The van der Waals surface area contributed by atoms with Crippen LogP contribution in [0, 0.1) is 5.82 Å². The standard InChI is InChI=1S/C18H17BrFN7OS/c19-14-5-1-13(2-6-14)10-23-24-17-25-26-18(27(17)21)29-11-16(28)22-9-12-3-7-15(20)8-4-12/h1-8,10H,9,11,21H2,(H,22,28)(H,24,25)/b23-10+. The van der Waals surface area contributed by atoms with Gasteiger partial charge in [0.15, 0.2) is 0 Å². The molecule has 0 unspecified atom stereocenters. The van der Waals surface area contributed by atoms with Gasteiger partial charge in [0.1, 0.15) is 5.82 Å². The van der Waals surface area contributed by atoms with Gasteiger partial charge in [-0.05, 0) is 35.4 Å². The molecule has 0 saturated carbocycles. The molecule has 0 aliphatic heterocycles. The van der Waals surface area contributed by atoms with Crippen LogP contribution in [0.4, 0.5) is 10.3 Å². The fourth-order valence-electron chi connectivity index (χ4n) is 2.15. The number of carbonyl (C=O) groups is 1. The van der Waals surface area contributed by atoms with Gasteiger partial charge in [-0.1, -0.05) is 52.0 Å². The summed E-state index contributed by atoms with van der Waals surface area (Å²) in [5.74, 6) is 5.76. The van der Waals surface area contributed by atoms with E-state index in [1.54, 1.807) is 18.3 Å². The van der Waals surface area contributed by atoms with E-state index in [4.69, 9.17) is 5.84 Å². The Hall–Kier alpha value is -2.92. The molecule has 4 N–H and O–H groups in total. The number of nitrogens with two attached hydrogens (primary N) is 1. The van der Waals surface area contributed by atoms with Gasteiger partial charge in [-0.15, -0.1) is 10.2 Å².